The molecule has 1 aliphatic rings. The summed E-state index contributed by atoms with van der Waals surface area (Å²) < 4.78 is 11.2. The van der Waals surface area contributed by atoms with Crippen LogP contribution in [-0.4, -0.2) is 18.1 Å². The number of hydrogen-bond acceptors (Lipinski definition) is 6. The molecule has 194 valence electrons. The van der Waals surface area contributed by atoms with Crippen molar-refractivity contribution >= 4 is 45.3 Å². The second-order valence-corrected chi connectivity index (χ2v) is 10.5. The third-order valence-corrected chi connectivity index (χ3v) is 8.11. The molecule has 0 radical (unpaired) electrons. The van der Waals surface area contributed by atoms with Crippen LogP contribution in [0.3, 0.4) is 0 Å². The number of carbonyl (C=O) groups is 1. The number of aromatic nitrogens is 1. The molecule has 1 aliphatic heterocycles. The summed E-state index contributed by atoms with van der Waals surface area (Å²) in [6.07, 6.45) is 0. The van der Waals surface area contributed by atoms with Crippen LogP contribution >= 0.6 is 11.3 Å². The van der Waals surface area contributed by atoms with Gasteiger partial charge < -0.3 is 14.4 Å². The van der Waals surface area contributed by atoms with Crippen molar-refractivity contribution in [3.8, 4) is 33.2 Å². The lowest BCUT2D eigenvalue weighted by atomic mass is 9.97. The summed E-state index contributed by atoms with van der Waals surface area (Å²) >= 11 is 1.71. The van der Waals surface area contributed by atoms with Gasteiger partial charge >= 0.3 is 5.97 Å². The first kappa shape index (κ1) is 24.1. The fourth-order valence-corrected chi connectivity index (χ4v) is 6.06. The van der Waals surface area contributed by atoms with Gasteiger partial charge in [-0.05, 0) is 72.5 Å². The number of hydrogen-bond donors (Lipinski definition) is 0. The fraction of sp³-hybridized carbons (Fsp3) is 0.0588. The summed E-state index contributed by atoms with van der Waals surface area (Å²) in [5.74, 6) is 1.23. The van der Waals surface area contributed by atoms with Crippen LogP contribution in [0.15, 0.2) is 109 Å². The molecule has 0 amide bonds. The normalized spacial score (nSPS) is 12.0. The molecule has 4 aromatic carbocycles. The van der Waals surface area contributed by atoms with Crippen molar-refractivity contribution in [2.75, 3.05) is 12.0 Å². The van der Waals surface area contributed by atoms with Gasteiger partial charge in [-0.25, -0.2) is 9.78 Å². The van der Waals surface area contributed by atoms with E-state index in [0.717, 1.165) is 61.8 Å². The molecule has 40 heavy (non-hydrogen) atoms. The minimum Gasteiger partial charge on any atom is -0.465 e. The Balaban J connectivity index is 1.52. The number of carbonyl (C=O) groups excluding carboxylic acids is 1. The van der Waals surface area contributed by atoms with E-state index in [-0.39, 0.29) is 5.97 Å². The molecule has 6 aromatic rings. The molecular formula is C34H24N2O3S. The quantitative estimate of drug-likeness (QED) is 0.208. The van der Waals surface area contributed by atoms with E-state index < -0.39 is 0 Å². The number of fused-ring (bicyclic) bond motifs is 3. The molecule has 0 saturated heterocycles. The summed E-state index contributed by atoms with van der Waals surface area (Å²) in [6, 6.07) is 34.3. The average molecular weight is 541 g/mol. The molecule has 0 saturated carbocycles. The summed E-state index contributed by atoms with van der Waals surface area (Å²) in [6.45, 7) is 2.14. The summed E-state index contributed by atoms with van der Waals surface area (Å²) in [7, 11) is 1.39. The third-order valence-electron chi connectivity index (χ3n) is 7.21. The van der Waals surface area contributed by atoms with E-state index >= 15 is 0 Å². The van der Waals surface area contributed by atoms with Crippen molar-refractivity contribution in [1.82, 2.24) is 4.98 Å². The molecule has 0 spiro atoms. The highest BCUT2D eigenvalue weighted by Crippen LogP contribution is 2.52. The number of esters is 1. The van der Waals surface area contributed by atoms with Crippen molar-refractivity contribution < 1.29 is 14.3 Å². The first-order valence-electron chi connectivity index (χ1n) is 13.0. The monoisotopic (exact) mass is 540 g/mol. The second kappa shape index (κ2) is 9.67. The predicted octanol–water partition coefficient (Wildman–Crippen LogP) is 9.30. The standard InChI is InChI=1S/C34H24N2O3S/c1-21-13-18-28(36-26-8-3-5-10-29(26)39-30-11-6-4-9-27(30)36)33-32(21)24(31-12-7-19-40-31)20-25(35-33)22-14-16-23(17-15-22)34(37)38-2/h3-20H,1-2H3. The van der Waals surface area contributed by atoms with Crippen LogP contribution in [0.4, 0.5) is 17.1 Å². The molecule has 3 heterocycles. The lowest BCUT2D eigenvalue weighted by Crippen LogP contribution is -2.16. The smallest absolute Gasteiger partial charge is 0.337 e. The Bertz CT molecular complexity index is 1850. The number of thiophene rings is 1. The van der Waals surface area contributed by atoms with Crippen molar-refractivity contribution in [2.24, 2.45) is 0 Å². The van der Waals surface area contributed by atoms with E-state index in [1.54, 1.807) is 23.5 Å². The molecule has 0 N–H and O–H groups in total. The SMILES string of the molecule is COC(=O)c1ccc(-c2cc(-c3cccs3)c3c(C)ccc(N4c5ccccc5Oc5ccccc54)c3n2)cc1. The van der Waals surface area contributed by atoms with Crippen LogP contribution < -0.4 is 9.64 Å². The Kier molecular flexibility index (Phi) is 5.83. The van der Waals surface area contributed by atoms with Gasteiger partial charge in [-0.3, -0.25) is 0 Å². The van der Waals surface area contributed by atoms with Crippen molar-refractivity contribution in [2.45, 2.75) is 6.92 Å². The Labute approximate surface area is 235 Å². The number of para-hydroxylation sites is 4. The van der Waals surface area contributed by atoms with E-state index in [2.05, 4.69) is 59.7 Å². The molecule has 0 fully saturated rings. The van der Waals surface area contributed by atoms with E-state index in [9.17, 15) is 4.79 Å². The van der Waals surface area contributed by atoms with Crippen molar-refractivity contribution in [1.29, 1.82) is 0 Å². The largest absolute Gasteiger partial charge is 0.465 e. The van der Waals surface area contributed by atoms with Crippen LogP contribution in [0.5, 0.6) is 11.5 Å². The van der Waals surface area contributed by atoms with Crippen LogP contribution in [-0.2, 0) is 4.74 Å². The molecule has 2 aromatic heterocycles. The van der Waals surface area contributed by atoms with Crippen LogP contribution in [0.1, 0.15) is 15.9 Å². The first-order chi connectivity index (χ1) is 19.6. The van der Waals surface area contributed by atoms with E-state index in [1.165, 1.54) is 12.0 Å². The highest BCUT2D eigenvalue weighted by atomic mass is 32.1. The van der Waals surface area contributed by atoms with Gasteiger partial charge in [0, 0.05) is 21.4 Å². The Morgan fingerprint density at radius 1 is 0.825 bits per heavy atom. The number of anilines is 3. The average Bonchev–Trinajstić information content (AvgIpc) is 3.55. The van der Waals surface area contributed by atoms with Gasteiger partial charge in [-0.2, -0.15) is 0 Å². The zero-order valence-electron chi connectivity index (χ0n) is 21.9. The van der Waals surface area contributed by atoms with Crippen LogP contribution in [0, 0.1) is 6.92 Å². The number of pyridine rings is 1. The van der Waals surface area contributed by atoms with Gasteiger partial charge in [0.25, 0.3) is 0 Å². The van der Waals surface area contributed by atoms with E-state index in [1.807, 2.05) is 48.5 Å². The van der Waals surface area contributed by atoms with Gasteiger partial charge in [0.2, 0.25) is 0 Å². The lowest BCUT2D eigenvalue weighted by molar-refractivity contribution is 0.0600. The van der Waals surface area contributed by atoms with Crippen molar-refractivity contribution in [3.05, 3.63) is 120 Å². The van der Waals surface area contributed by atoms with Gasteiger partial charge in [0.15, 0.2) is 11.5 Å². The molecule has 0 aliphatic carbocycles. The molecule has 0 atom stereocenters. The number of aryl methyl sites for hydroxylation is 1. The van der Waals surface area contributed by atoms with Crippen LogP contribution in [0.25, 0.3) is 32.6 Å². The van der Waals surface area contributed by atoms with Crippen LogP contribution in [0.2, 0.25) is 0 Å². The lowest BCUT2D eigenvalue weighted by Gasteiger charge is -2.33. The number of methoxy groups -OCH3 is 1. The van der Waals surface area contributed by atoms with Crippen molar-refractivity contribution in [3.63, 3.8) is 0 Å². The van der Waals surface area contributed by atoms with Gasteiger partial charge in [0.05, 0.1) is 40.9 Å². The predicted molar refractivity (Wildman–Crippen MR) is 161 cm³/mol. The zero-order valence-corrected chi connectivity index (χ0v) is 22.7. The van der Waals surface area contributed by atoms with Gasteiger partial charge in [0.1, 0.15) is 0 Å². The number of ether oxygens (including phenoxy) is 2. The number of nitrogens with zero attached hydrogens (tertiary/aromatic N) is 2. The molecule has 0 bridgehead atoms. The molecule has 6 heteroatoms. The molecule has 0 unspecified atom stereocenters. The van der Waals surface area contributed by atoms with E-state index in [0.29, 0.717) is 5.56 Å². The summed E-state index contributed by atoms with van der Waals surface area (Å²) in [5, 5.41) is 3.21. The summed E-state index contributed by atoms with van der Waals surface area (Å²) in [4.78, 5) is 20.8. The maximum atomic E-state index is 12.1. The Morgan fingerprint density at radius 3 is 2.17 bits per heavy atom. The highest BCUT2D eigenvalue weighted by Gasteiger charge is 2.28. The number of rotatable bonds is 4. The molecule has 5 nitrogen and oxygen atoms in total. The van der Waals surface area contributed by atoms with Gasteiger partial charge in [-0.1, -0.05) is 48.5 Å². The first-order valence-corrected chi connectivity index (χ1v) is 13.8. The third kappa shape index (κ3) is 3.92. The minimum atomic E-state index is -0.361. The number of benzene rings is 4. The maximum absolute atomic E-state index is 12.1. The highest BCUT2D eigenvalue weighted by molar-refractivity contribution is 7.13. The maximum Gasteiger partial charge on any atom is 0.337 e. The van der Waals surface area contributed by atoms with Gasteiger partial charge in [-0.15, -0.1) is 11.3 Å². The fourth-order valence-electron chi connectivity index (χ4n) is 5.31. The Morgan fingerprint density at radius 2 is 1.52 bits per heavy atom. The topological polar surface area (TPSA) is 51.7 Å². The van der Waals surface area contributed by atoms with E-state index in [4.69, 9.17) is 14.5 Å². The summed E-state index contributed by atoms with van der Waals surface area (Å²) in [5.41, 5.74) is 8.30. The minimum absolute atomic E-state index is 0.361. The Hall–Kier alpha value is -4.94. The zero-order chi connectivity index (χ0) is 27.2. The molecule has 7 rings (SSSR count). The molecular weight excluding hydrogens is 516 g/mol. The second-order valence-electron chi connectivity index (χ2n) is 9.60.